The molecule has 1 heteroatoms. The van der Waals surface area contributed by atoms with E-state index in [0.717, 1.165) is 30.6 Å². The summed E-state index contributed by atoms with van der Waals surface area (Å²) in [5.41, 5.74) is 2.80. The summed E-state index contributed by atoms with van der Waals surface area (Å²) in [4.78, 5) is 0. The van der Waals surface area contributed by atoms with Crippen LogP contribution in [0.15, 0.2) is 23.8 Å². The van der Waals surface area contributed by atoms with Crippen molar-refractivity contribution in [3.63, 3.8) is 0 Å². The number of hydrogen-bond donors (Lipinski definition) is 1. The van der Waals surface area contributed by atoms with Gasteiger partial charge < -0.3 is 5.11 Å². The van der Waals surface area contributed by atoms with Gasteiger partial charge in [0.05, 0.1) is 6.10 Å². The van der Waals surface area contributed by atoms with Gasteiger partial charge >= 0.3 is 0 Å². The van der Waals surface area contributed by atoms with E-state index in [-0.39, 0.29) is 6.10 Å². The third-order valence-corrected chi connectivity index (χ3v) is 9.56. The molecular formula is C26H42O. The molecule has 0 unspecified atom stereocenters. The second-order valence-electron chi connectivity index (χ2n) is 11.4. The van der Waals surface area contributed by atoms with Crippen molar-refractivity contribution >= 4 is 0 Å². The standard InChI is InChI=1S/C26H42O/c1-17(2)6-7-18(3)22-10-11-23-21-9-8-19-16-20(27)12-14-25(19,4)24(21)13-15-26(22,23)5/h6-7,9,17-20,22-24,27H,8,10-16H2,1-5H3/b7-6+/t18-,19+,20+,22-,23+,24+,25+,26-/m1/s1. The van der Waals surface area contributed by atoms with Crippen LogP contribution in [-0.2, 0) is 0 Å². The van der Waals surface area contributed by atoms with Crippen molar-refractivity contribution in [1.29, 1.82) is 0 Å². The van der Waals surface area contributed by atoms with E-state index in [4.69, 9.17) is 0 Å². The zero-order valence-corrected chi connectivity index (χ0v) is 18.4. The SMILES string of the molecule is CC(C)/C=C/[C@@H](C)[C@H]1CC[C@H]2C3=CC[C@H]4C[C@@H](O)CC[C@]4(C)[C@H]3CC[C@]12C. The molecule has 0 radical (unpaired) electrons. The summed E-state index contributed by atoms with van der Waals surface area (Å²) in [7, 11) is 0. The third-order valence-electron chi connectivity index (χ3n) is 9.56. The molecule has 4 aliphatic carbocycles. The highest BCUT2D eigenvalue weighted by atomic mass is 16.3. The van der Waals surface area contributed by atoms with Gasteiger partial charge in [-0.1, -0.05) is 58.4 Å². The summed E-state index contributed by atoms with van der Waals surface area (Å²) in [6.45, 7) is 12.3. The highest BCUT2D eigenvalue weighted by Gasteiger charge is 2.57. The molecule has 4 aliphatic rings. The second-order valence-corrected chi connectivity index (χ2v) is 11.4. The molecule has 1 N–H and O–H groups in total. The Bertz CT molecular complexity index is 616. The highest BCUT2D eigenvalue weighted by molar-refractivity contribution is 5.28. The molecule has 3 saturated carbocycles. The van der Waals surface area contributed by atoms with Gasteiger partial charge in [0.15, 0.2) is 0 Å². The van der Waals surface area contributed by atoms with Gasteiger partial charge in [-0.2, -0.15) is 0 Å². The molecule has 0 bridgehead atoms. The molecule has 3 fully saturated rings. The second kappa shape index (κ2) is 7.05. The predicted molar refractivity (Wildman–Crippen MR) is 114 cm³/mol. The minimum absolute atomic E-state index is 0.0451. The van der Waals surface area contributed by atoms with Crippen molar-refractivity contribution in [1.82, 2.24) is 0 Å². The van der Waals surface area contributed by atoms with E-state index in [1.807, 2.05) is 5.57 Å². The van der Waals surface area contributed by atoms with Crippen LogP contribution in [0.4, 0.5) is 0 Å². The first-order valence-electron chi connectivity index (χ1n) is 11.8. The van der Waals surface area contributed by atoms with Crippen LogP contribution in [0.5, 0.6) is 0 Å². The maximum absolute atomic E-state index is 10.2. The number of hydrogen-bond acceptors (Lipinski definition) is 1. The van der Waals surface area contributed by atoms with Crippen molar-refractivity contribution in [2.24, 2.45) is 46.3 Å². The van der Waals surface area contributed by atoms with E-state index in [2.05, 4.69) is 52.8 Å². The molecule has 8 atom stereocenters. The van der Waals surface area contributed by atoms with Crippen LogP contribution in [0.3, 0.4) is 0 Å². The Hall–Kier alpha value is -0.560. The van der Waals surface area contributed by atoms with E-state index < -0.39 is 0 Å². The van der Waals surface area contributed by atoms with E-state index in [1.54, 1.807) is 0 Å². The van der Waals surface area contributed by atoms with Crippen LogP contribution in [0, 0.1) is 46.3 Å². The van der Waals surface area contributed by atoms with E-state index in [0.29, 0.717) is 28.6 Å². The molecule has 1 nitrogen and oxygen atoms in total. The Morgan fingerprint density at radius 3 is 2.41 bits per heavy atom. The molecule has 0 aromatic heterocycles. The zero-order valence-electron chi connectivity index (χ0n) is 18.4. The van der Waals surface area contributed by atoms with Gasteiger partial charge in [0.1, 0.15) is 0 Å². The quantitative estimate of drug-likeness (QED) is 0.543. The third kappa shape index (κ3) is 3.17. The minimum atomic E-state index is -0.0451. The first kappa shape index (κ1) is 19.7. The van der Waals surface area contributed by atoms with Gasteiger partial charge in [-0.05, 0) is 97.7 Å². The average molecular weight is 371 g/mol. The van der Waals surface area contributed by atoms with Crippen molar-refractivity contribution in [2.75, 3.05) is 0 Å². The van der Waals surface area contributed by atoms with Crippen LogP contribution in [0.1, 0.15) is 86.0 Å². The summed E-state index contributed by atoms with van der Waals surface area (Å²) >= 11 is 0. The van der Waals surface area contributed by atoms with Crippen molar-refractivity contribution in [2.45, 2.75) is 92.1 Å². The molecule has 4 rings (SSSR count). The van der Waals surface area contributed by atoms with E-state index in [1.165, 1.54) is 38.5 Å². The monoisotopic (exact) mass is 370 g/mol. The first-order valence-corrected chi connectivity index (χ1v) is 11.8. The fourth-order valence-corrected chi connectivity index (χ4v) is 7.93. The lowest BCUT2D eigenvalue weighted by Gasteiger charge is -2.57. The van der Waals surface area contributed by atoms with Gasteiger partial charge in [-0.3, -0.25) is 0 Å². The van der Waals surface area contributed by atoms with Crippen molar-refractivity contribution in [3.05, 3.63) is 23.8 Å². The molecule has 0 aliphatic heterocycles. The maximum Gasteiger partial charge on any atom is 0.0543 e. The number of rotatable bonds is 3. The van der Waals surface area contributed by atoms with Crippen LogP contribution >= 0.6 is 0 Å². The fourth-order valence-electron chi connectivity index (χ4n) is 7.93. The Morgan fingerprint density at radius 2 is 1.67 bits per heavy atom. The summed E-state index contributed by atoms with van der Waals surface area (Å²) in [6.07, 6.45) is 17.7. The molecular weight excluding hydrogens is 328 g/mol. The minimum Gasteiger partial charge on any atom is -0.393 e. The summed E-state index contributed by atoms with van der Waals surface area (Å²) < 4.78 is 0. The molecule has 0 saturated heterocycles. The topological polar surface area (TPSA) is 20.2 Å². The number of fused-ring (bicyclic) bond motifs is 5. The lowest BCUT2D eigenvalue weighted by atomic mass is 9.47. The summed E-state index contributed by atoms with van der Waals surface area (Å²) in [6, 6.07) is 0. The van der Waals surface area contributed by atoms with E-state index in [9.17, 15) is 5.11 Å². The van der Waals surface area contributed by atoms with Crippen molar-refractivity contribution in [3.8, 4) is 0 Å². The van der Waals surface area contributed by atoms with E-state index >= 15 is 0 Å². The summed E-state index contributed by atoms with van der Waals surface area (Å²) in [5, 5.41) is 10.2. The zero-order chi connectivity index (χ0) is 19.4. The Morgan fingerprint density at radius 1 is 0.963 bits per heavy atom. The summed E-state index contributed by atoms with van der Waals surface area (Å²) in [5.74, 6) is 4.54. The van der Waals surface area contributed by atoms with Gasteiger partial charge in [-0.15, -0.1) is 0 Å². The predicted octanol–water partition coefficient (Wildman–Crippen LogP) is 6.77. The first-order chi connectivity index (χ1) is 12.8. The lowest BCUT2D eigenvalue weighted by molar-refractivity contribution is -0.0414. The average Bonchev–Trinajstić information content (AvgIpc) is 2.97. The van der Waals surface area contributed by atoms with Crippen molar-refractivity contribution < 1.29 is 5.11 Å². The Labute approximate surface area is 167 Å². The smallest absolute Gasteiger partial charge is 0.0543 e. The van der Waals surface area contributed by atoms with Crippen LogP contribution in [0.25, 0.3) is 0 Å². The molecule has 0 amide bonds. The highest BCUT2D eigenvalue weighted by Crippen LogP contribution is 2.66. The van der Waals surface area contributed by atoms with Gasteiger partial charge in [0.2, 0.25) is 0 Å². The fraction of sp³-hybridized carbons (Fsp3) is 0.846. The largest absolute Gasteiger partial charge is 0.393 e. The van der Waals surface area contributed by atoms with Gasteiger partial charge in [-0.25, -0.2) is 0 Å². The molecule has 0 spiro atoms. The number of allylic oxidation sites excluding steroid dienone is 4. The van der Waals surface area contributed by atoms with Crippen LogP contribution < -0.4 is 0 Å². The Kier molecular flexibility index (Phi) is 5.15. The Balaban J connectivity index is 1.58. The van der Waals surface area contributed by atoms with Crippen LogP contribution in [0.2, 0.25) is 0 Å². The molecule has 0 heterocycles. The molecule has 0 aromatic rings. The molecule has 0 aromatic carbocycles. The maximum atomic E-state index is 10.2. The van der Waals surface area contributed by atoms with Crippen LogP contribution in [-0.4, -0.2) is 11.2 Å². The normalized spacial score (nSPS) is 48.1. The molecule has 152 valence electrons. The number of aliphatic hydroxyl groups excluding tert-OH is 1. The van der Waals surface area contributed by atoms with Gasteiger partial charge in [0.25, 0.3) is 0 Å². The van der Waals surface area contributed by atoms with Gasteiger partial charge in [0, 0.05) is 0 Å². The molecule has 27 heavy (non-hydrogen) atoms. The lowest BCUT2D eigenvalue weighted by Crippen LogP contribution is -2.49. The number of aliphatic hydroxyl groups is 1.